The lowest BCUT2D eigenvalue weighted by molar-refractivity contribution is -0.612. The molecule has 0 unspecified atom stereocenters. The highest BCUT2D eigenvalue weighted by atomic mass is 32.2. The quantitative estimate of drug-likeness (QED) is 0.0708. The number of benzene rings is 3. The summed E-state index contributed by atoms with van der Waals surface area (Å²) < 4.78 is 49.2. The van der Waals surface area contributed by atoms with Gasteiger partial charge in [0.25, 0.3) is 8.32 Å². The van der Waals surface area contributed by atoms with E-state index in [4.69, 9.17) is 23.7 Å². The molecule has 3 saturated heterocycles. The van der Waals surface area contributed by atoms with Gasteiger partial charge in [-0.05, 0) is 54.2 Å². The van der Waals surface area contributed by atoms with Gasteiger partial charge in [-0.2, -0.15) is 9.19 Å². The van der Waals surface area contributed by atoms with E-state index in [9.17, 15) is 8.42 Å². The molecular formula is C43H55NO7SSi. The lowest BCUT2D eigenvalue weighted by Crippen LogP contribution is -2.67. The largest absolute Gasteiger partial charge is 0.406 e. The molecule has 10 heteroatoms. The zero-order chi connectivity index (χ0) is 38.0. The summed E-state index contributed by atoms with van der Waals surface area (Å²) in [7, 11) is -6.74. The van der Waals surface area contributed by atoms with Crippen LogP contribution in [0.2, 0.25) is 5.04 Å². The molecule has 0 aromatic heterocycles. The number of hydrogen-bond acceptors (Lipinski definition) is 7. The van der Waals surface area contributed by atoms with Crippen molar-refractivity contribution in [3.05, 3.63) is 90.5 Å². The monoisotopic (exact) mass is 757 g/mol. The van der Waals surface area contributed by atoms with Gasteiger partial charge < -0.3 is 13.9 Å². The van der Waals surface area contributed by atoms with Gasteiger partial charge in [0.1, 0.15) is 5.60 Å². The Kier molecular flexibility index (Phi) is 13.8. The van der Waals surface area contributed by atoms with Gasteiger partial charge in [0.05, 0.1) is 24.5 Å². The highest BCUT2D eigenvalue weighted by molar-refractivity contribution is 7.89. The molecule has 3 heterocycles. The zero-order valence-electron chi connectivity index (χ0n) is 32.2. The summed E-state index contributed by atoms with van der Waals surface area (Å²) in [5.74, 6) is 11.6. The molecule has 0 aliphatic carbocycles. The Morgan fingerprint density at radius 3 is 2.02 bits per heavy atom. The van der Waals surface area contributed by atoms with Gasteiger partial charge in [0.15, 0.2) is 0 Å². The Balaban J connectivity index is 1.31. The van der Waals surface area contributed by atoms with Crippen LogP contribution in [0.1, 0.15) is 85.1 Å². The highest BCUT2D eigenvalue weighted by Crippen LogP contribution is 2.39. The molecule has 53 heavy (non-hydrogen) atoms. The summed E-state index contributed by atoms with van der Waals surface area (Å²) >= 11 is 0. The van der Waals surface area contributed by atoms with Gasteiger partial charge in [-0.1, -0.05) is 124 Å². The third-order valence-electron chi connectivity index (χ3n) is 9.82. The topological polar surface area (TPSA) is 83.5 Å². The zero-order valence-corrected chi connectivity index (χ0v) is 34.0. The van der Waals surface area contributed by atoms with Crippen LogP contribution in [-0.2, 0) is 33.7 Å². The van der Waals surface area contributed by atoms with Crippen molar-refractivity contribution in [2.75, 3.05) is 26.4 Å². The molecular weight excluding hydrogens is 703 g/mol. The van der Waals surface area contributed by atoms with E-state index in [0.717, 1.165) is 28.8 Å². The lowest BCUT2D eigenvalue weighted by Gasteiger charge is -2.48. The summed E-state index contributed by atoms with van der Waals surface area (Å²) in [5, 5.41) is 2.08. The molecule has 1 atom stereocenters. The number of sulfonamides is 1. The minimum atomic E-state index is -3.86. The van der Waals surface area contributed by atoms with Crippen molar-refractivity contribution in [3.63, 3.8) is 0 Å². The first kappa shape index (κ1) is 40.9. The molecule has 3 aliphatic rings. The average molecular weight is 758 g/mol. The van der Waals surface area contributed by atoms with E-state index < -0.39 is 29.9 Å². The second-order valence-electron chi connectivity index (χ2n) is 15.2. The lowest BCUT2D eigenvalue weighted by atomic mass is 10.1. The fourth-order valence-corrected chi connectivity index (χ4v) is 13.2. The van der Waals surface area contributed by atoms with Crippen molar-refractivity contribution in [2.24, 2.45) is 0 Å². The Labute approximate surface area is 318 Å². The molecule has 0 saturated carbocycles. The third-order valence-corrected chi connectivity index (χ3v) is 16.8. The van der Waals surface area contributed by atoms with Gasteiger partial charge in [-0.15, -0.1) is 11.8 Å². The summed E-state index contributed by atoms with van der Waals surface area (Å²) in [6, 6.07) is 27.6. The predicted octanol–water partition coefficient (Wildman–Crippen LogP) is 7.11. The van der Waals surface area contributed by atoms with E-state index in [-0.39, 0.29) is 29.1 Å². The average Bonchev–Trinajstić information content (AvgIpc) is 3.15. The van der Waals surface area contributed by atoms with Crippen LogP contribution in [0.3, 0.4) is 0 Å². The van der Waals surface area contributed by atoms with Crippen LogP contribution in [0.4, 0.5) is 0 Å². The SMILES string of the molecule is CCC[C@@H](CC#CCC#CCCCC12OCC(C)(CO1)OO2)N(CCO[Si](c1ccccc1)(c1ccccc1)C(C)(C)C)S(=O)(=O)c1ccc(C)cc1. The second-order valence-corrected chi connectivity index (χ2v) is 21.4. The van der Waals surface area contributed by atoms with E-state index in [1.807, 2.05) is 38.1 Å². The van der Waals surface area contributed by atoms with Gasteiger partial charge in [-0.3, -0.25) is 0 Å². The van der Waals surface area contributed by atoms with Crippen molar-refractivity contribution >= 4 is 28.7 Å². The Bertz CT molecular complexity index is 1790. The standard InChI is InChI=1S/C43H55NO7SSi/c1-7-21-37(22-15-11-9-8-10-12-20-31-43-47-34-42(6,35-48-43)50-51-43)44(52(45,46)38-29-27-36(2)28-30-38)32-33-49-53(41(3,4)5,39-23-16-13-17-24-39)40-25-18-14-19-26-40/h13-14,16-19,23-30,37H,7,9,12,20-22,31-35H2,1-6H3/t37-,42?,43?/m0/s1. The number of rotatable bonds is 15. The maximum Gasteiger partial charge on any atom is 0.312 e. The minimum Gasteiger partial charge on any atom is -0.406 e. The van der Waals surface area contributed by atoms with Crippen molar-refractivity contribution in [3.8, 4) is 23.7 Å². The maximum atomic E-state index is 14.4. The molecule has 284 valence electrons. The fraction of sp³-hybridized carbons (Fsp3) is 0.488. The van der Waals surface area contributed by atoms with Crippen molar-refractivity contribution in [1.82, 2.24) is 4.31 Å². The first-order valence-electron chi connectivity index (χ1n) is 18.7. The fourth-order valence-electron chi connectivity index (χ4n) is 6.97. The number of nitrogens with zero attached hydrogens (tertiary/aromatic N) is 1. The van der Waals surface area contributed by atoms with E-state index >= 15 is 0 Å². The van der Waals surface area contributed by atoms with Crippen LogP contribution in [0.5, 0.6) is 0 Å². The van der Waals surface area contributed by atoms with Crippen molar-refractivity contribution in [1.29, 1.82) is 0 Å². The normalized spacial score (nSPS) is 20.7. The highest BCUT2D eigenvalue weighted by Gasteiger charge is 2.52. The number of ether oxygens (including phenoxy) is 2. The molecule has 0 N–H and O–H groups in total. The van der Waals surface area contributed by atoms with E-state index in [1.54, 1.807) is 16.4 Å². The Morgan fingerprint density at radius 1 is 0.868 bits per heavy atom. The van der Waals surface area contributed by atoms with Crippen LogP contribution < -0.4 is 10.4 Å². The van der Waals surface area contributed by atoms with E-state index in [1.165, 1.54) is 0 Å². The molecule has 2 bridgehead atoms. The summed E-state index contributed by atoms with van der Waals surface area (Å²) in [6.07, 6.45) is 4.16. The van der Waals surface area contributed by atoms with E-state index in [0.29, 0.717) is 45.3 Å². The number of fused-ring (bicyclic) bond motifs is 3. The minimum absolute atomic E-state index is 0.204. The maximum absolute atomic E-state index is 14.4. The third kappa shape index (κ3) is 9.88. The molecule has 3 aromatic rings. The molecule has 3 aromatic carbocycles. The molecule has 3 aliphatic heterocycles. The molecule has 0 radical (unpaired) electrons. The van der Waals surface area contributed by atoms with Gasteiger partial charge in [0, 0.05) is 38.5 Å². The molecule has 0 amide bonds. The number of unbranched alkanes of at least 4 members (excludes halogenated alkanes) is 1. The predicted molar refractivity (Wildman–Crippen MR) is 211 cm³/mol. The molecule has 6 rings (SSSR count). The first-order chi connectivity index (χ1) is 25.3. The van der Waals surface area contributed by atoms with Crippen LogP contribution in [0.25, 0.3) is 0 Å². The molecule has 3 fully saturated rings. The Hall–Kier alpha value is -3.29. The number of aryl methyl sites for hydroxylation is 1. The van der Waals surface area contributed by atoms with Crippen molar-refractivity contribution in [2.45, 2.75) is 114 Å². The molecule has 0 spiro atoms. The van der Waals surface area contributed by atoms with E-state index in [2.05, 4.69) is 99.9 Å². The van der Waals surface area contributed by atoms with Gasteiger partial charge >= 0.3 is 5.97 Å². The van der Waals surface area contributed by atoms with Crippen molar-refractivity contribution < 1.29 is 32.1 Å². The van der Waals surface area contributed by atoms with Gasteiger partial charge in [-0.25, -0.2) is 13.3 Å². The van der Waals surface area contributed by atoms with Crippen LogP contribution in [-0.4, -0.2) is 65.0 Å². The second kappa shape index (κ2) is 17.9. The number of hydrogen-bond donors (Lipinski definition) is 0. The van der Waals surface area contributed by atoms with Crippen LogP contribution in [0, 0.1) is 30.6 Å². The van der Waals surface area contributed by atoms with Gasteiger partial charge in [0.2, 0.25) is 10.0 Å². The Morgan fingerprint density at radius 2 is 1.47 bits per heavy atom. The van der Waals surface area contributed by atoms with Crippen LogP contribution >= 0.6 is 0 Å². The summed E-state index contributed by atoms with van der Waals surface area (Å²) in [6.45, 7) is 13.9. The summed E-state index contributed by atoms with van der Waals surface area (Å²) in [5.41, 5.74) is 0.457. The smallest absolute Gasteiger partial charge is 0.312 e. The first-order valence-corrected chi connectivity index (χ1v) is 22.1. The summed E-state index contributed by atoms with van der Waals surface area (Å²) in [4.78, 5) is 11.1. The van der Waals surface area contributed by atoms with Crippen LogP contribution in [0.15, 0.2) is 89.8 Å². The molecule has 8 nitrogen and oxygen atoms in total.